The summed E-state index contributed by atoms with van der Waals surface area (Å²) in [6.45, 7) is 7.20. The van der Waals surface area contributed by atoms with Crippen molar-refractivity contribution in [2.45, 2.75) is 39.3 Å². The maximum absolute atomic E-state index is 13.0. The molecule has 2 aliphatic rings. The Labute approximate surface area is 188 Å². The fourth-order valence-electron chi connectivity index (χ4n) is 4.22. The number of anilines is 1. The van der Waals surface area contributed by atoms with Crippen molar-refractivity contribution in [3.8, 4) is 5.75 Å². The molecule has 168 valence electrons. The average Bonchev–Trinajstić information content (AvgIpc) is 3.16. The number of para-hydroxylation sites is 1. The summed E-state index contributed by atoms with van der Waals surface area (Å²) in [5.74, 6) is 0.301. The van der Waals surface area contributed by atoms with Gasteiger partial charge in [0.25, 0.3) is 0 Å². The third-order valence-corrected chi connectivity index (χ3v) is 5.57. The lowest BCUT2D eigenvalue weighted by molar-refractivity contribution is -0.139. The smallest absolute Gasteiger partial charge is 0.338 e. The van der Waals surface area contributed by atoms with E-state index in [9.17, 15) is 9.59 Å². The van der Waals surface area contributed by atoms with E-state index in [0.717, 1.165) is 30.0 Å². The van der Waals surface area contributed by atoms with Crippen molar-refractivity contribution in [2.24, 2.45) is 0 Å². The molecule has 0 radical (unpaired) electrons. The molecule has 32 heavy (non-hydrogen) atoms. The van der Waals surface area contributed by atoms with Crippen molar-refractivity contribution in [1.82, 2.24) is 10.6 Å². The van der Waals surface area contributed by atoms with E-state index in [1.807, 2.05) is 50.2 Å². The van der Waals surface area contributed by atoms with Gasteiger partial charge in [-0.1, -0.05) is 30.3 Å². The van der Waals surface area contributed by atoms with Gasteiger partial charge in [-0.05, 0) is 56.5 Å². The molecule has 2 aliphatic heterocycles. The number of urea groups is 1. The largest absolute Gasteiger partial charge is 0.491 e. The minimum Gasteiger partial charge on any atom is -0.491 e. The van der Waals surface area contributed by atoms with Crippen LogP contribution in [0.25, 0.3) is 0 Å². The van der Waals surface area contributed by atoms with E-state index >= 15 is 0 Å². The summed E-state index contributed by atoms with van der Waals surface area (Å²) in [5, 5.41) is 5.75. The number of amides is 2. The van der Waals surface area contributed by atoms with Gasteiger partial charge in [0.2, 0.25) is 0 Å². The standard InChI is InChI=1S/C25H29N3O4/c1-4-31-24(29)22-20(15-28-14-13-17-7-5-6-8-21(17)28)26-25(30)27-23(22)18-9-11-19(12-10-18)32-16(2)3/h5-12,16,23H,4,13-15H2,1-3H3,(H2,26,27,30). The summed E-state index contributed by atoms with van der Waals surface area (Å²) < 4.78 is 11.1. The van der Waals surface area contributed by atoms with E-state index in [1.54, 1.807) is 6.92 Å². The average molecular weight is 436 g/mol. The number of nitrogens with one attached hydrogen (secondary N) is 2. The maximum Gasteiger partial charge on any atom is 0.338 e. The third-order valence-electron chi connectivity index (χ3n) is 5.57. The highest BCUT2D eigenvalue weighted by Crippen LogP contribution is 2.32. The van der Waals surface area contributed by atoms with Gasteiger partial charge in [-0.2, -0.15) is 0 Å². The van der Waals surface area contributed by atoms with Crippen LogP contribution >= 0.6 is 0 Å². The lowest BCUT2D eigenvalue weighted by atomic mass is 9.95. The summed E-state index contributed by atoms with van der Waals surface area (Å²) in [4.78, 5) is 27.8. The zero-order valence-electron chi connectivity index (χ0n) is 18.7. The van der Waals surface area contributed by atoms with Crippen LogP contribution in [0.15, 0.2) is 59.8 Å². The number of carbonyl (C=O) groups excluding carboxylic acids is 2. The first-order valence-electron chi connectivity index (χ1n) is 11.0. The van der Waals surface area contributed by atoms with Crippen molar-refractivity contribution in [3.05, 3.63) is 70.9 Å². The lowest BCUT2D eigenvalue weighted by Crippen LogP contribution is -2.48. The minimum absolute atomic E-state index is 0.0596. The molecule has 1 atom stereocenters. The number of esters is 1. The Balaban J connectivity index is 1.69. The maximum atomic E-state index is 13.0. The van der Waals surface area contributed by atoms with Crippen molar-refractivity contribution in [3.63, 3.8) is 0 Å². The predicted octanol–water partition coefficient (Wildman–Crippen LogP) is 3.71. The molecule has 0 saturated carbocycles. The van der Waals surface area contributed by atoms with Crippen LogP contribution in [-0.2, 0) is 16.0 Å². The highest BCUT2D eigenvalue weighted by Gasteiger charge is 2.35. The molecule has 2 heterocycles. The normalized spacial score (nSPS) is 17.7. The number of ether oxygens (including phenoxy) is 2. The first kappa shape index (κ1) is 21.7. The summed E-state index contributed by atoms with van der Waals surface area (Å²) in [6, 6.07) is 14.7. The Bertz CT molecular complexity index is 1030. The van der Waals surface area contributed by atoms with E-state index in [4.69, 9.17) is 9.47 Å². The molecule has 2 aromatic rings. The fourth-order valence-corrected chi connectivity index (χ4v) is 4.22. The zero-order valence-corrected chi connectivity index (χ0v) is 18.7. The number of nitrogens with zero attached hydrogens (tertiary/aromatic N) is 1. The van der Waals surface area contributed by atoms with Crippen LogP contribution in [0, 0.1) is 0 Å². The number of hydrogen-bond donors (Lipinski definition) is 2. The molecule has 0 bridgehead atoms. The Morgan fingerprint density at radius 3 is 2.62 bits per heavy atom. The minimum atomic E-state index is -0.608. The molecule has 7 heteroatoms. The van der Waals surface area contributed by atoms with E-state index in [1.165, 1.54) is 5.56 Å². The molecule has 2 N–H and O–H groups in total. The van der Waals surface area contributed by atoms with Crippen LogP contribution in [0.3, 0.4) is 0 Å². The van der Waals surface area contributed by atoms with E-state index in [-0.39, 0.29) is 18.7 Å². The van der Waals surface area contributed by atoms with Crippen LogP contribution < -0.4 is 20.3 Å². The SMILES string of the molecule is CCOC(=O)C1=C(CN2CCc3ccccc32)NC(=O)NC1c1ccc(OC(C)C)cc1. The summed E-state index contributed by atoms with van der Waals surface area (Å²) in [7, 11) is 0. The van der Waals surface area contributed by atoms with Crippen molar-refractivity contribution >= 4 is 17.7 Å². The topological polar surface area (TPSA) is 79.9 Å². The Morgan fingerprint density at radius 1 is 1.16 bits per heavy atom. The van der Waals surface area contributed by atoms with E-state index < -0.39 is 12.0 Å². The second-order valence-corrected chi connectivity index (χ2v) is 8.18. The summed E-state index contributed by atoms with van der Waals surface area (Å²) in [6.07, 6.45) is 0.995. The van der Waals surface area contributed by atoms with Crippen molar-refractivity contribution in [2.75, 3.05) is 24.6 Å². The summed E-state index contributed by atoms with van der Waals surface area (Å²) in [5.41, 5.74) is 4.18. The number of carbonyl (C=O) groups is 2. The fraction of sp³-hybridized carbons (Fsp3) is 0.360. The van der Waals surface area contributed by atoms with Crippen molar-refractivity contribution < 1.29 is 19.1 Å². The van der Waals surface area contributed by atoms with Gasteiger partial charge in [-0.15, -0.1) is 0 Å². The lowest BCUT2D eigenvalue weighted by Gasteiger charge is -2.32. The van der Waals surface area contributed by atoms with Gasteiger partial charge >= 0.3 is 12.0 Å². The molecule has 1 unspecified atom stereocenters. The molecule has 0 fully saturated rings. The van der Waals surface area contributed by atoms with Crippen LogP contribution in [0.4, 0.5) is 10.5 Å². The summed E-state index contributed by atoms with van der Waals surface area (Å²) >= 11 is 0. The molecular weight excluding hydrogens is 406 g/mol. The highest BCUT2D eigenvalue weighted by molar-refractivity contribution is 5.95. The highest BCUT2D eigenvalue weighted by atomic mass is 16.5. The molecule has 2 amide bonds. The Kier molecular flexibility index (Phi) is 6.35. The van der Waals surface area contributed by atoms with Crippen LogP contribution in [-0.4, -0.2) is 37.8 Å². The van der Waals surface area contributed by atoms with Crippen LogP contribution in [0.2, 0.25) is 0 Å². The number of fused-ring (bicyclic) bond motifs is 1. The molecule has 2 aromatic carbocycles. The van der Waals surface area contributed by atoms with E-state index in [0.29, 0.717) is 17.8 Å². The molecule has 0 saturated heterocycles. The molecular formula is C25H29N3O4. The first-order chi connectivity index (χ1) is 15.5. The van der Waals surface area contributed by atoms with Gasteiger partial charge in [0.05, 0.1) is 36.6 Å². The second-order valence-electron chi connectivity index (χ2n) is 8.18. The molecule has 0 aromatic heterocycles. The molecule has 0 spiro atoms. The van der Waals surface area contributed by atoms with Crippen LogP contribution in [0.5, 0.6) is 5.75 Å². The monoisotopic (exact) mass is 435 g/mol. The number of rotatable bonds is 7. The Morgan fingerprint density at radius 2 is 1.91 bits per heavy atom. The van der Waals surface area contributed by atoms with Gasteiger partial charge < -0.3 is 25.0 Å². The van der Waals surface area contributed by atoms with Gasteiger partial charge in [-0.25, -0.2) is 9.59 Å². The third kappa shape index (κ3) is 4.56. The number of hydrogen-bond acceptors (Lipinski definition) is 5. The van der Waals surface area contributed by atoms with E-state index in [2.05, 4.69) is 27.7 Å². The molecule has 4 rings (SSSR count). The van der Waals surface area contributed by atoms with Crippen molar-refractivity contribution in [1.29, 1.82) is 0 Å². The van der Waals surface area contributed by atoms with Crippen LogP contribution in [0.1, 0.15) is 37.9 Å². The van der Waals surface area contributed by atoms with Gasteiger partial charge in [0.15, 0.2) is 0 Å². The van der Waals surface area contributed by atoms with Gasteiger partial charge in [-0.3, -0.25) is 0 Å². The van der Waals surface area contributed by atoms with Gasteiger partial charge in [0, 0.05) is 12.2 Å². The number of benzene rings is 2. The zero-order chi connectivity index (χ0) is 22.7. The molecule has 0 aliphatic carbocycles. The van der Waals surface area contributed by atoms with Gasteiger partial charge in [0.1, 0.15) is 5.75 Å². The Hall–Kier alpha value is -3.48. The second kappa shape index (κ2) is 9.34. The predicted molar refractivity (Wildman–Crippen MR) is 123 cm³/mol. The molecule has 7 nitrogen and oxygen atoms in total. The first-order valence-corrected chi connectivity index (χ1v) is 11.0. The quantitative estimate of drug-likeness (QED) is 0.648.